The molecule has 1 amide bonds. The zero-order valence-corrected chi connectivity index (χ0v) is 70.6. The van der Waals surface area contributed by atoms with Crippen LogP contribution in [-0.4, -0.2) is 120 Å². The highest BCUT2D eigenvalue weighted by Crippen LogP contribution is 2.37. The molecule has 10 N–H and O–H groups in total. The summed E-state index contributed by atoms with van der Waals surface area (Å²) in [5, 5.41) is 100. The Labute approximate surface area is 736 Å². The van der Waals surface area contributed by atoms with Gasteiger partial charge in [0, 0.05) is 19.2 Å². The van der Waals surface area contributed by atoms with E-state index in [2.05, 4.69) is 54.6 Å². The van der Waals surface area contributed by atoms with Crippen molar-refractivity contribution in [3.05, 3.63) is 410 Å². The normalized spacial score (nSPS) is 10.8. The first-order valence-corrected chi connectivity index (χ1v) is 40.6. The number of methoxy groups -OCH3 is 3. The van der Waals surface area contributed by atoms with Gasteiger partial charge in [-0.15, -0.1) is 0 Å². The van der Waals surface area contributed by atoms with Crippen molar-refractivity contribution in [1.29, 1.82) is 0 Å². The average Bonchev–Trinajstić information content (AvgIpc) is 0.796. The zero-order chi connectivity index (χ0) is 90.7. The monoisotopic (exact) mass is 1700 g/mol. The molecule has 0 bridgehead atoms. The van der Waals surface area contributed by atoms with Gasteiger partial charge in [0.15, 0.2) is 17.2 Å². The van der Waals surface area contributed by atoms with Crippen LogP contribution in [0.5, 0.6) is 51.7 Å². The summed E-state index contributed by atoms with van der Waals surface area (Å²) in [6, 6.07) is 98.2. The van der Waals surface area contributed by atoms with E-state index in [9.17, 15) is 64.8 Å². The van der Waals surface area contributed by atoms with E-state index in [-0.39, 0.29) is 56.9 Å². The molecule has 0 saturated carbocycles. The molecule has 0 radical (unpaired) electrons. The predicted molar refractivity (Wildman–Crippen MR) is 505 cm³/mol. The third kappa shape index (κ3) is 26.3. The second-order valence-corrected chi connectivity index (χ2v) is 28.7. The Morgan fingerprint density at radius 2 is 0.630 bits per heavy atom. The van der Waals surface area contributed by atoms with Gasteiger partial charge in [-0.1, -0.05) is 297 Å². The Bertz CT molecular complexity index is 6410. The topological polar surface area (TPSA) is 319 Å². The van der Waals surface area contributed by atoms with E-state index < -0.39 is 29.6 Å². The van der Waals surface area contributed by atoms with Crippen LogP contribution in [0.2, 0.25) is 0 Å². The number of carboxylic acid groups (broad SMARTS) is 4. The summed E-state index contributed by atoms with van der Waals surface area (Å²) in [6.07, 6.45) is 17.6. The van der Waals surface area contributed by atoms with Crippen LogP contribution in [0.3, 0.4) is 0 Å². The van der Waals surface area contributed by atoms with E-state index in [0.29, 0.717) is 71.0 Å². The number of carbonyl (C=O) groups excluding carboxylic acids is 1. The summed E-state index contributed by atoms with van der Waals surface area (Å²) >= 11 is 0. The van der Waals surface area contributed by atoms with Crippen molar-refractivity contribution < 1.29 is 89.2 Å². The van der Waals surface area contributed by atoms with Gasteiger partial charge in [-0.2, -0.15) is 0 Å². The minimum absolute atomic E-state index is 0.00781. The first-order valence-electron chi connectivity index (χ1n) is 40.6. The molecule has 0 aliphatic rings. The molecule has 0 heterocycles. The van der Waals surface area contributed by atoms with Gasteiger partial charge in [-0.25, -0.2) is 19.2 Å². The molecule has 15 rings (SSSR count). The lowest BCUT2D eigenvalue weighted by Gasteiger charge is -2.22. The summed E-state index contributed by atoms with van der Waals surface area (Å²) in [4.78, 5) is 59.8. The predicted octanol–water partition coefficient (Wildman–Crippen LogP) is 23.4. The fourth-order valence-corrected chi connectivity index (χ4v) is 13.8. The number of nitrogens with zero attached hydrogens (tertiary/aromatic N) is 1. The number of carbonyl (C=O) groups is 5. The standard InChI is InChI=1S/C25H27NO3.C20H16O3.C19H14O3.C15H14O3.C15H12O3.C14H14O3/c1-5-26(6-2)25(27)24-21(16-22(28-3)17-23(24)29-4)14-12-18-11-13-19-9-7-8-10-20(19)15-18;1-23-18-8-4-7-16(19(18)20(21)22)12-10-14-9-11-15-5-2-3-6-17(15)13-14;20-17-7-3-6-15(18(17)19(21)22)11-9-13-8-10-14-4-1-2-5-16(14)12-13;2*16-13-8-4-7-12(14(13)15(17)18)10-9-11-5-2-1-3-6-11;15-12-8-11(9-13(16)14(12)17)7-6-10-4-2-1-3-5-10/h7-17H,5-6H2,1-4H3;2-13H,1H3,(H,21,22);1-12,20H,(H,21,22);1-8,16H,9-10H2,(H,17,18);1-10,16H,(H,17,18);1-5,8-9,15-17H,6-7H2/b14-12+;;;;10-9+;. The molecule has 0 fully saturated rings. The van der Waals surface area contributed by atoms with Gasteiger partial charge in [0.25, 0.3) is 5.91 Å². The smallest absolute Gasteiger partial charge is 0.340 e. The van der Waals surface area contributed by atoms with Crippen molar-refractivity contribution in [1.82, 2.24) is 4.90 Å². The van der Waals surface area contributed by atoms with Crippen LogP contribution in [0, 0.1) is 0 Å². The van der Waals surface area contributed by atoms with Gasteiger partial charge in [0.1, 0.15) is 56.8 Å². The summed E-state index contributed by atoms with van der Waals surface area (Å²) in [5.41, 5.74) is 10.7. The van der Waals surface area contributed by atoms with Crippen LogP contribution in [0.1, 0.15) is 132 Å². The largest absolute Gasteiger partial charge is 0.507 e. The number of rotatable bonds is 24. The van der Waals surface area contributed by atoms with E-state index in [0.717, 1.165) is 67.9 Å². The van der Waals surface area contributed by atoms with E-state index in [1.807, 2.05) is 208 Å². The van der Waals surface area contributed by atoms with Gasteiger partial charge in [0.2, 0.25) is 0 Å². The number of ether oxygens (including phenoxy) is 3. The van der Waals surface area contributed by atoms with Crippen LogP contribution in [-0.2, 0) is 25.7 Å². The molecule has 15 aromatic rings. The number of aromatic hydroxyl groups is 6. The molecule has 19 nitrogen and oxygen atoms in total. The number of fused-ring (bicyclic) bond motifs is 3. The third-order valence-electron chi connectivity index (χ3n) is 20.4. The lowest BCUT2D eigenvalue weighted by Crippen LogP contribution is -2.31. The highest BCUT2D eigenvalue weighted by molar-refractivity contribution is 6.03. The van der Waals surface area contributed by atoms with Crippen LogP contribution in [0.15, 0.2) is 315 Å². The van der Waals surface area contributed by atoms with Crippen molar-refractivity contribution >= 4 is 111 Å². The molecule has 127 heavy (non-hydrogen) atoms. The number of hydrogen-bond donors (Lipinski definition) is 10. The summed E-state index contributed by atoms with van der Waals surface area (Å²) in [7, 11) is 4.65. The van der Waals surface area contributed by atoms with E-state index in [4.69, 9.17) is 24.4 Å². The lowest BCUT2D eigenvalue weighted by molar-refractivity contribution is 0.0681. The van der Waals surface area contributed by atoms with Gasteiger partial charge in [0.05, 0.1) is 26.9 Å². The number of benzene rings is 15. The third-order valence-corrected chi connectivity index (χ3v) is 20.4. The second kappa shape index (κ2) is 46.6. The summed E-state index contributed by atoms with van der Waals surface area (Å²) in [5.74, 6) is -4.55. The van der Waals surface area contributed by atoms with E-state index in [1.165, 1.54) is 59.2 Å². The molecular weight excluding hydrogens is 1600 g/mol. The summed E-state index contributed by atoms with van der Waals surface area (Å²) in [6.45, 7) is 5.22. The van der Waals surface area contributed by atoms with Crippen molar-refractivity contribution in [3.8, 4) is 51.7 Å². The van der Waals surface area contributed by atoms with Crippen LogP contribution >= 0.6 is 0 Å². The number of amides is 1. The first kappa shape index (κ1) is 92.9. The molecule has 642 valence electrons. The lowest BCUT2D eigenvalue weighted by atomic mass is 9.99. The first-order chi connectivity index (χ1) is 61.5. The number of aryl methyl sites for hydroxylation is 4. The van der Waals surface area contributed by atoms with Crippen LogP contribution in [0.25, 0.3) is 80.9 Å². The fraction of sp³-hybridized carbons (Fsp3) is 0.102. The number of hydrogen-bond acceptors (Lipinski definition) is 14. The molecule has 19 heteroatoms. The molecule has 0 aromatic heterocycles. The van der Waals surface area contributed by atoms with Crippen molar-refractivity contribution in [3.63, 3.8) is 0 Å². The Kier molecular flexibility index (Phi) is 34.0. The van der Waals surface area contributed by atoms with Crippen molar-refractivity contribution in [2.75, 3.05) is 34.4 Å². The van der Waals surface area contributed by atoms with Gasteiger partial charge in [-0.3, -0.25) is 4.79 Å². The molecule has 0 unspecified atom stereocenters. The second-order valence-electron chi connectivity index (χ2n) is 28.7. The Hall–Kier alpha value is -16.4. The fourth-order valence-electron chi connectivity index (χ4n) is 13.8. The van der Waals surface area contributed by atoms with E-state index in [1.54, 1.807) is 104 Å². The average molecular weight is 1700 g/mol. The van der Waals surface area contributed by atoms with Gasteiger partial charge >= 0.3 is 23.9 Å². The van der Waals surface area contributed by atoms with Crippen LogP contribution in [0.4, 0.5) is 0 Å². The quantitative estimate of drug-likeness (QED) is 0.0198. The van der Waals surface area contributed by atoms with Gasteiger partial charge in [-0.05, 0) is 199 Å². The highest BCUT2D eigenvalue weighted by Gasteiger charge is 2.23. The number of phenols is 6. The molecule has 15 aromatic carbocycles. The Morgan fingerprint density at radius 1 is 0.276 bits per heavy atom. The molecule has 0 aliphatic heterocycles. The Balaban J connectivity index is 0.000000160. The Morgan fingerprint density at radius 3 is 1.04 bits per heavy atom. The maximum atomic E-state index is 13.2. The van der Waals surface area contributed by atoms with E-state index >= 15 is 0 Å². The van der Waals surface area contributed by atoms with Crippen molar-refractivity contribution in [2.24, 2.45) is 0 Å². The maximum Gasteiger partial charge on any atom is 0.340 e. The van der Waals surface area contributed by atoms with Gasteiger partial charge < -0.3 is 70.2 Å². The molecule has 0 spiro atoms. The minimum atomic E-state index is -1.14. The summed E-state index contributed by atoms with van der Waals surface area (Å²) < 4.78 is 16.1. The molecule has 0 atom stereocenters. The number of phenolic OH excluding ortho intramolecular Hbond substituents is 3. The van der Waals surface area contributed by atoms with Crippen LogP contribution < -0.4 is 14.2 Å². The maximum absolute atomic E-state index is 13.2. The SMILES string of the molecule is CCN(CC)C(=O)c1c(/C=C/c2ccc3ccccc3c2)cc(OC)cc1OC.COc1cccc(C=Cc2ccc3ccccc3c2)c1C(=O)O.O=C(O)c1c(O)cccc1/C=C/c1ccccc1.O=C(O)c1c(O)cccc1C=Cc1ccc2ccccc2c1.O=C(O)c1c(O)cccc1CCc1ccccc1.Oc1cc(CCc2ccccc2)cc(O)c1O. The number of carboxylic acids is 4. The minimum Gasteiger partial charge on any atom is -0.507 e. The number of aromatic carboxylic acids is 4. The van der Waals surface area contributed by atoms with Crippen molar-refractivity contribution in [2.45, 2.75) is 39.5 Å². The zero-order valence-electron chi connectivity index (χ0n) is 70.6. The molecule has 0 saturated heterocycles. The molecule has 0 aliphatic carbocycles. The molecular formula is C108H97NO18. The highest BCUT2D eigenvalue weighted by atomic mass is 16.5.